The molecule has 1 heterocycles. The third-order valence-electron chi connectivity index (χ3n) is 4.35. The van der Waals surface area contributed by atoms with Gasteiger partial charge in [-0.25, -0.2) is 4.99 Å². The molecule has 142 valence electrons. The molecule has 0 spiro atoms. The number of aliphatic imine (C=N–C) groups is 1. The molecule has 0 saturated carbocycles. The molecule has 0 aromatic heterocycles. The fourth-order valence-electron chi connectivity index (χ4n) is 2.78. The molecule has 0 bridgehead atoms. The lowest BCUT2D eigenvalue weighted by Gasteiger charge is -2.23. The van der Waals surface area contributed by atoms with Crippen molar-refractivity contribution in [3.05, 3.63) is 36.3 Å². The summed E-state index contributed by atoms with van der Waals surface area (Å²) in [5, 5.41) is 0. The molecule has 1 atom stereocenters. The zero-order chi connectivity index (χ0) is 18.8. The number of anilines is 1. The average Bonchev–Trinajstić information content (AvgIpc) is 2.66. The molecule has 0 N–H and O–H groups in total. The lowest BCUT2D eigenvalue weighted by atomic mass is 10.0. The maximum Gasteiger partial charge on any atom is 0.315 e. The van der Waals surface area contributed by atoms with E-state index in [1.165, 1.54) is 0 Å². The van der Waals surface area contributed by atoms with Crippen LogP contribution in [0.5, 0.6) is 5.75 Å². The molecule has 1 unspecified atom stereocenters. The molecule has 1 aromatic rings. The number of rotatable bonds is 10. The summed E-state index contributed by atoms with van der Waals surface area (Å²) < 4.78 is 11.3. The lowest BCUT2D eigenvalue weighted by molar-refractivity contribution is -0.144. The van der Waals surface area contributed by atoms with Gasteiger partial charge in [-0.3, -0.25) is 4.79 Å². The molecular weight excluding hydrogens is 328 g/mol. The molecule has 0 amide bonds. The van der Waals surface area contributed by atoms with E-state index in [2.05, 4.69) is 18.8 Å². The van der Waals surface area contributed by atoms with E-state index >= 15 is 0 Å². The van der Waals surface area contributed by atoms with Crippen LogP contribution in [0, 0.1) is 5.92 Å². The van der Waals surface area contributed by atoms with Crippen molar-refractivity contribution < 1.29 is 14.3 Å². The maximum atomic E-state index is 12.3. The first-order chi connectivity index (χ1) is 12.7. The third-order valence-corrected chi connectivity index (χ3v) is 4.35. The van der Waals surface area contributed by atoms with Crippen LogP contribution < -0.4 is 9.64 Å². The number of hydrogen-bond donors (Lipinski definition) is 0. The van der Waals surface area contributed by atoms with Gasteiger partial charge in [0.05, 0.1) is 25.3 Å². The molecule has 0 radical (unpaired) electrons. The standard InChI is InChI=1S/C21H30N2O3/c1-4-7-14-25-19-11-8-10-18(15-19)23-13-12-22-20(16-23)26-21(24)17(6-3)9-5-2/h8,10-12,15-17H,4-7,9,13-14H2,1-3H3. The molecular formula is C21H30N2O3. The summed E-state index contributed by atoms with van der Waals surface area (Å²) in [6, 6.07) is 7.93. The predicted molar refractivity (Wildman–Crippen MR) is 106 cm³/mol. The van der Waals surface area contributed by atoms with Gasteiger partial charge in [0.25, 0.3) is 0 Å². The van der Waals surface area contributed by atoms with E-state index in [-0.39, 0.29) is 11.9 Å². The monoisotopic (exact) mass is 358 g/mol. The van der Waals surface area contributed by atoms with Gasteiger partial charge in [-0.2, -0.15) is 0 Å². The first-order valence-electron chi connectivity index (χ1n) is 9.63. The quantitative estimate of drug-likeness (QED) is 0.440. The first kappa shape index (κ1) is 20.0. The van der Waals surface area contributed by atoms with Crippen molar-refractivity contribution in [3.8, 4) is 5.75 Å². The van der Waals surface area contributed by atoms with Crippen molar-refractivity contribution in [2.75, 3.05) is 18.1 Å². The minimum Gasteiger partial charge on any atom is -0.494 e. The van der Waals surface area contributed by atoms with Crippen LogP contribution in [-0.4, -0.2) is 25.3 Å². The van der Waals surface area contributed by atoms with Gasteiger partial charge in [-0.15, -0.1) is 0 Å². The van der Waals surface area contributed by atoms with Crippen molar-refractivity contribution in [1.82, 2.24) is 0 Å². The molecule has 1 aromatic carbocycles. The number of ether oxygens (including phenoxy) is 2. The molecule has 0 saturated heterocycles. The van der Waals surface area contributed by atoms with Gasteiger partial charge >= 0.3 is 5.97 Å². The summed E-state index contributed by atoms with van der Waals surface area (Å²) in [4.78, 5) is 18.5. The third kappa shape index (κ3) is 5.90. The van der Waals surface area contributed by atoms with Gasteiger partial charge in [0.2, 0.25) is 5.88 Å². The van der Waals surface area contributed by atoms with Gasteiger partial charge in [0.1, 0.15) is 5.75 Å². The maximum absolute atomic E-state index is 12.3. The number of benzene rings is 1. The summed E-state index contributed by atoms with van der Waals surface area (Å²) >= 11 is 0. The van der Waals surface area contributed by atoms with Crippen LogP contribution >= 0.6 is 0 Å². The van der Waals surface area contributed by atoms with E-state index in [0.717, 1.165) is 50.1 Å². The fourth-order valence-corrected chi connectivity index (χ4v) is 2.78. The molecule has 0 fully saturated rings. The number of nitrogens with zero attached hydrogens (tertiary/aromatic N) is 2. The molecule has 1 aliphatic heterocycles. The normalized spacial score (nSPS) is 14.7. The fraction of sp³-hybridized carbons (Fsp3) is 0.524. The highest BCUT2D eigenvalue weighted by atomic mass is 16.5. The summed E-state index contributed by atoms with van der Waals surface area (Å²) in [5.74, 6) is 0.922. The van der Waals surface area contributed by atoms with Crippen LogP contribution in [0.15, 0.2) is 41.3 Å². The highest BCUT2D eigenvalue weighted by Gasteiger charge is 2.20. The van der Waals surface area contributed by atoms with E-state index in [1.807, 2.05) is 36.1 Å². The van der Waals surface area contributed by atoms with E-state index in [0.29, 0.717) is 12.4 Å². The number of esters is 1. The van der Waals surface area contributed by atoms with Crippen LogP contribution in [0.25, 0.3) is 0 Å². The molecule has 2 rings (SSSR count). The Bertz CT molecular complexity index is 640. The van der Waals surface area contributed by atoms with E-state index in [1.54, 1.807) is 12.4 Å². The summed E-state index contributed by atoms with van der Waals surface area (Å²) in [6.07, 6.45) is 8.27. The van der Waals surface area contributed by atoms with E-state index in [9.17, 15) is 4.79 Å². The van der Waals surface area contributed by atoms with Crippen molar-refractivity contribution in [2.24, 2.45) is 10.9 Å². The van der Waals surface area contributed by atoms with Gasteiger partial charge in [-0.1, -0.05) is 39.7 Å². The van der Waals surface area contributed by atoms with Crippen molar-refractivity contribution in [3.63, 3.8) is 0 Å². The Morgan fingerprint density at radius 1 is 1.27 bits per heavy atom. The first-order valence-corrected chi connectivity index (χ1v) is 9.63. The molecule has 26 heavy (non-hydrogen) atoms. The Morgan fingerprint density at radius 3 is 2.85 bits per heavy atom. The van der Waals surface area contributed by atoms with Crippen LogP contribution in [0.4, 0.5) is 5.69 Å². The zero-order valence-corrected chi connectivity index (χ0v) is 16.1. The van der Waals surface area contributed by atoms with E-state index in [4.69, 9.17) is 9.47 Å². The van der Waals surface area contributed by atoms with Crippen molar-refractivity contribution in [2.45, 2.75) is 52.9 Å². The number of carbonyl (C=O) groups excluding carboxylic acids is 1. The average molecular weight is 358 g/mol. The number of carbonyl (C=O) groups is 1. The van der Waals surface area contributed by atoms with Crippen molar-refractivity contribution >= 4 is 17.9 Å². The Morgan fingerprint density at radius 2 is 2.12 bits per heavy atom. The number of unbranched alkanes of at least 4 members (excludes halogenated alkanes) is 1. The van der Waals surface area contributed by atoms with Gasteiger partial charge in [-0.05, 0) is 31.4 Å². The van der Waals surface area contributed by atoms with Crippen molar-refractivity contribution in [1.29, 1.82) is 0 Å². The van der Waals surface area contributed by atoms with Crippen LogP contribution in [0.3, 0.4) is 0 Å². The second-order valence-corrected chi connectivity index (χ2v) is 6.45. The smallest absolute Gasteiger partial charge is 0.315 e. The Hall–Kier alpha value is -2.30. The highest BCUT2D eigenvalue weighted by molar-refractivity contribution is 5.75. The highest BCUT2D eigenvalue weighted by Crippen LogP contribution is 2.24. The summed E-state index contributed by atoms with van der Waals surface area (Å²) in [5.41, 5.74) is 0.985. The van der Waals surface area contributed by atoms with Crippen LogP contribution in [0.1, 0.15) is 52.9 Å². The van der Waals surface area contributed by atoms with Gasteiger partial charge < -0.3 is 14.4 Å². The topological polar surface area (TPSA) is 51.1 Å². The Balaban J connectivity index is 2.03. The van der Waals surface area contributed by atoms with E-state index < -0.39 is 0 Å². The molecule has 5 heteroatoms. The minimum absolute atomic E-state index is 0.0678. The Kier molecular flexibility index (Phi) is 8.19. The number of hydrogen-bond acceptors (Lipinski definition) is 5. The largest absolute Gasteiger partial charge is 0.494 e. The van der Waals surface area contributed by atoms with Crippen LogP contribution in [-0.2, 0) is 9.53 Å². The molecule has 1 aliphatic rings. The van der Waals surface area contributed by atoms with Gasteiger partial charge in [0.15, 0.2) is 0 Å². The second kappa shape index (κ2) is 10.6. The van der Waals surface area contributed by atoms with Crippen LogP contribution in [0.2, 0.25) is 0 Å². The zero-order valence-electron chi connectivity index (χ0n) is 16.1. The SMILES string of the molecule is CCCCOc1cccc(N2C=C(OC(=O)C(CC)CCC)N=CC2)c1. The Labute approximate surface area is 156 Å². The molecule has 0 aliphatic carbocycles. The lowest BCUT2D eigenvalue weighted by Crippen LogP contribution is -2.24. The van der Waals surface area contributed by atoms with Gasteiger partial charge in [0, 0.05) is 18.0 Å². The molecule has 5 nitrogen and oxygen atoms in total. The second-order valence-electron chi connectivity index (χ2n) is 6.45. The predicted octanol–water partition coefficient (Wildman–Crippen LogP) is 4.92. The summed E-state index contributed by atoms with van der Waals surface area (Å²) in [7, 11) is 0. The summed E-state index contributed by atoms with van der Waals surface area (Å²) in [6.45, 7) is 7.58. The minimum atomic E-state index is -0.198.